The molecule has 3 N–H and O–H groups in total. The number of ether oxygens (including phenoxy) is 2. The van der Waals surface area contributed by atoms with Crippen molar-refractivity contribution in [2.24, 2.45) is 0 Å². The Bertz CT molecular complexity index is 3620. The number of para-hydroxylation sites is 2. The van der Waals surface area contributed by atoms with Crippen molar-refractivity contribution in [3.05, 3.63) is 135 Å². The molecule has 10 rings (SSSR count). The standard InChI is InChI=1S/C28H30N8O3.C23H17FN6O3.C5H14N2/c1-33(2)11-12-34(3)24-14-26(39-4)22(13-25(24)36(37)38)31-28-30-16-18(15-29)27(32-28)21-17-35(19-9-10-19)23-8-6-5-7-20(21)23;1-33-21-8-17(24)20(30(31)32)9-18(21)27-23-26-11-13(10-25)22(28-23)16-12-29(14-6-7-14)19-5-3-2-4-15(16)19;1-6-4-5-7(2)3/h5-8,13-14,16-17,19H,9-12H2,1-4H3,(H,30,31,32);2-5,8-9,11-12,14H,6-7H2,1H3,(H,26,27,28);6H,4-5H2,1-3H3. The van der Waals surface area contributed by atoms with Gasteiger partial charge in [0.15, 0.2) is 0 Å². The van der Waals surface area contributed by atoms with E-state index < -0.39 is 21.4 Å². The molecular formula is C56H61FN16O6. The highest BCUT2D eigenvalue weighted by molar-refractivity contribution is 5.98. The first-order chi connectivity index (χ1) is 38.1. The molecule has 408 valence electrons. The first-order valence-electron chi connectivity index (χ1n) is 25.4. The van der Waals surface area contributed by atoms with Crippen LogP contribution in [0, 0.1) is 48.7 Å². The first kappa shape index (κ1) is 55.9. The number of nitro groups is 2. The van der Waals surface area contributed by atoms with Gasteiger partial charge in [0.1, 0.15) is 29.3 Å². The van der Waals surface area contributed by atoms with Gasteiger partial charge in [-0.15, -0.1) is 0 Å². The summed E-state index contributed by atoms with van der Waals surface area (Å²) in [5.74, 6) is -0.262. The van der Waals surface area contributed by atoms with Crippen LogP contribution in [0.1, 0.15) is 48.9 Å². The summed E-state index contributed by atoms with van der Waals surface area (Å²) in [5.41, 5.74) is 5.49. The van der Waals surface area contributed by atoms with E-state index in [2.05, 4.69) is 83.4 Å². The predicted octanol–water partition coefficient (Wildman–Crippen LogP) is 9.83. The number of likely N-dealkylation sites (N-methyl/N-ethyl adjacent to an activating group) is 4. The Hall–Kier alpha value is -9.29. The zero-order chi connectivity index (χ0) is 56.5. The average molecular weight is 1070 g/mol. The third-order valence-corrected chi connectivity index (χ3v) is 13.2. The Morgan fingerprint density at radius 1 is 0.684 bits per heavy atom. The number of rotatable bonds is 19. The summed E-state index contributed by atoms with van der Waals surface area (Å²) in [4.78, 5) is 45.7. The molecule has 2 fully saturated rings. The Balaban J connectivity index is 0.000000188. The highest BCUT2D eigenvalue weighted by Crippen LogP contribution is 2.44. The van der Waals surface area contributed by atoms with Crippen LogP contribution in [-0.2, 0) is 0 Å². The molecular weight excluding hydrogens is 1010 g/mol. The maximum Gasteiger partial charge on any atom is 0.307 e. The van der Waals surface area contributed by atoms with E-state index in [4.69, 9.17) is 14.5 Å². The number of fused-ring (bicyclic) bond motifs is 2. The number of nitrogens with one attached hydrogen (secondary N) is 3. The number of methoxy groups -OCH3 is 2. The lowest BCUT2D eigenvalue weighted by atomic mass is 10.1. The van der Waals surface area contributed by atoms with E-state index in [1.54, 1.807) is 6.07 Å². The van der Waals surface area contributed by atoms with Crippen molar-refractivity contribution in [3.63, 3.8) is 0 Å². The van der Waals surface area contributed by atoms with Crippen LogP contribution in [0.2, 0.25) is 0 Å². The lowest BCUT2D eigenvalue weighted by Crippen LogP contribution is -2.28. The molecule has 0 radical (unpaired) electrons. The van der Waals surface area contributed by atoms with Gasteiger partial charge in [0.05, 0.1) is 70.3 Å². The van der Waals surface area contributed by atoms with Crippen molar-refractivity contribution >= 4 is 62.1 Å². The fraction of sp³-hybridized carbons (Fsp3) is 0.321. The molecule has 0 amide bonds. The number of hydrogen-bond acceptors (Lipinski definition) is 18. The number of benzene rings is 4. The Kier molecular flexibility index (Phi) is 17.6. The minimum atomic E-state index is -1.02. The third-order valence-electron chi connectivity index (χ3n) is 13.2. The van der Waals surface area contributed by atoms with Crippen molar-refractivity contribution in [1.82, 2.24) is 44.2 Å². The SMILES string of the molecule is CNCCN(C)C.COc1cc(F)c([N+](=O)[O-])cc1Nc1ncc(C#N)c(-c2cn(C3CC3)c3ccccc23)n1.COc1cc(N(C)CCN(C)C)c([N+](=O)[O-])cc1Nc1ncc(C#N)c(-c2cn(C3CC3)c3ccccc23)n1. The van der Waals surface area contributed by atoms with E-state index in [1.165, 1.54) is 32.7 Å². The lowest BCUT2D eigenvalue weighted by molar-refractivity contribution is -0.387. The van der Waals surface area contributed by atoms with Gasteiger partial charge in [-0.1, -0.05) is 36.4 Å². The molecule has 2 saturated carbocycles. The van der Waals surface area contributed by atoms with Crippen molar-refractivity contribution in [2.45, 2.75) is 37.8 Å². The van der Waals surface area contributed by atoms with Crippen LogP contribution in [0.4, 0.5) is 44.7 Å². The van der Waals surface area contributed by atoms with E-state index in [-0.39, 0.29) is 34.6 Å². The fourth-order valence-corrected chi connectivity index (χ4v) is 8.83. The molecule has 0 spiro atoms. The van der Waals surface area contributed by atoms with Crippen LogP contribution in [0.15, 0.2) is 97.6 Å². The molecule has 0 bridgehead atoms. The minimum Gasteiger partial charge on any atom is -0.494 e. The van der Waals surface area contributed by atoms with Crippen LogP contribution in [-0.4, -0.2) is 131 Å². The smallest absolute Gasteiger partial charge is 0.307 e. The molecule has 2 aliphatic carbocycles. The number of nitriles is 2. The largest absolute Gasteiger partial charge is 0.494 e. The fourth-order valence-electron chi connectivity index (χ4n) is 8.83. The van der Waals surface area contributed by atoms with Gasteiger partial charge in [0, 0.05) is 115 Å². The summed E-state index contributed by atoms with van der Waals surface area (Å²) in [7, 11) is 14.6. The summed E-state index contributed by atoms with van der Waals surface area (Å²) in [6, 6.07) is 26.2. The molecule has 22 nitrogen and oxygen atoms in total. The second-order valence-electron chi connectivity index (χ2n) is 19.5. The molecule has 0 atom stereocenters. The Labute approximate surface area is 456 Å². The Morgan fingerprint density at radius 2 is 1.14 bits per heavy atom. The molecule has 8 aromatic rings. The number of halogens is 1. The minimum absolute atomic E-state index is 0.0537. The van der Waals surface area contributed by atoms with E-state index in [0.717, 1.165) is 90.4 Å². The number of anilines is 5. The topological polar surface area (TPSA) is 260 Å². The predicted molar refractivity (Wildman–Crippen MR) is 302 cm³/mol. The van der Waals surface area contributed by atoms with Crippen LogP contribution < -0.4 is 30.3 Å². The third kappa shape index (κ3) is 12.9. The van der Waals surface area contributed by atoms with E-state index in [9.17, 15) is 35.1 Å². The monoisotopic (exact) mass is 1070 g/mol. The molecule has 2 aliphatic rings. The quantitative estimate of drug-likeness (QED) is 0.0502. The molecule has 4 heterocycles. The van der Waals surface area contributed by atoms with Gasteiger partial charge in [0.25, 0.3) is 5.69 Å². The van der Waals surface area contributed by atoms with Crippen molar-refractivity contribution in [2.75, 3.05) is 98.2 Å². The second-order valence-corrected chi connectivity index (χ2v) is 19.5. The van der Waals surface area contributed by atoms with Crippen LogP contribution in [0.5, 0.6) is 11.5 Å². The Morgan fingerprint density at radius 3 is 1.54 bits per heavy atom. The van der Waals surface area contributed by atoms with Gasteiger partial charge >= 0.3 is 5.69 Å². The molecule has 23 heteroatoms. The van der Waals surface area contributed by atoms with Gasteiger partial charge in [-0.3, -0.25) is 20.2 Å². The van der Waals surface area contributed by atoms with Crippen LogP contribution >= 0.6 is 0 Å². The molecule has 0 saturated heterocycles. The summed E-state index contributed by atoms with van der Waals surface area (Å²) in [5, 5.41) is 53.7. The van der Waals surface area contributed by atoms with Crippen molar-refractivity contribution in [3.8, 4) is 46.2 Å². The summed E-state index contributed by atoms with van der Waals surface area (Å²) < 4.78 is 29.2. The van der Waals surface area contributed by atoms with Crippen molar-refractivity contribution < 1.29 is 23.7 Å². The number of nitro benzene ring substituents is 2. The molecule has 79 heavy (non-hydrogen) atoms. The zero-order valence-corrected chi connectivity index (χ0v) is 45.2. The lowest BCUT2D eigenvalue weighted by Gasteiger charge is -2.22. The van der Waals surface area contributed by atoms with Crippen molar-refractivity contribution in [1.29, 1.82) is 10.5 Å². The van der Waals surface area contributed by atoms with Crippen LogP contribution in [0.3, 0.4) is 0 Å². The van der Waals surface area contributed by atoms with Crippen LogP contribution in [0.25, 0.3) is 44.3 Å². The highest BCUT2D eigenvalue weighted by atomic mass is 19.1. The second kappa shape index (κ2) is 24.8. The van der Waals surface area contributed by atoms with Gasteiger partial charge in [-0.05, 0) is 73.1 Å². The summed E-state index contributed by atoms with van der Waals surface area (Å²) >= 11 is 0. The maximum absolute atomic E-state index is 14.0. The molecule has 0 unspecified atom stereocenters. The number of hydrogen-bond donors (Lipinski definition) is 3. The number of aromatic nitrogens is 6. The zero-order valence-electron chi connectivity index (χ0n) is 45.2. The highest BCUT2D eigenvalue weighted by Gasteiger charge is 2.29. The first-order valence-corrected chi connectivity index (χ1v) is 25.4. The van der Waals surface area contributed by atoms with Gasteiger partial charge in [0.2, 0.25) is 17.7 Å². The normalized spacial score (nSPS) is 12.7. The van der Waals surface area contributed by atoms with E-state index in [0.29, 0.717) is 52.7 Å². The summed E-state index contributed by atoms with van der Waals surface area (Å²) in [6.45, 7) is 3.53. The van der Waals surface area contributed by atoms with E-state index in [1.807, 2.05) is 86.7 Å². The number of nitrogens with zero attached hydrogens (tertiary/aromatic N) is 13. The van der Waals surface area contributed by atoms with Gasteiger partial charge in [-0.2, -0.15) is 14.9 Å². The average Bonchev–Trinajstić information content (AvgIpc) is 4.58. The summed E-state index contributed by atoms with van der Waals surface area (Å²) in [6.07, 6.45) is 11.4. The molecule has 4 aromatic carbocycles. The van der Waals surface area contributed by atoms with Gasteiger partial charge < -0.3 is 49.3 Å². The molecule has 0 aliphatic heterocycles. The van der Waals surface area contributed by atoms with Gasteiger partial charge in [-0.25, -0.2) is 19.9 Å². The van der Waals surface area contributed by atoms with E-state index >= 15 is 0 Å². The maximum atomic E-state index is 14.0. The molecule has 4 aromatic heterocycles.